The van der Waals surface area contributed by atoms with Crippen LogP contribution in [0.1, 0.15) is 5.56 Å². The SMILES string of the molecule is O=C(CNc1ccc(F)c(F)c1)N1CCN(C/C=C/c2ccccc2)CC1. The molecular formula is C21H23F2N3O. The van der Waals surface area contributed by atoms with E-state index in [1.165, 1.54) is 11.6 Å². The summed E-state index contributed by atoms with van der Waals surface area (Å²) in [5.41, 5.74) is 1.57. The summed E-state index contributed by atoms with van der Waals surface area (Å²) in [6.45, 7) is 3.88. The molecule has 2 aromatic rings. The highest BCUT2D eigenvalue weighted by molar-refractivity contribution is 5.81. The first-order valence-electron chi connectivity index (χ1n) is 9.02. The minimum atomic E-state index is -0.926. The Kier molecular flexibility index (Phi) is 6.54. The predicted molar refractivity (Wildman–Crippen MR) is 103 cm³/mol. The van der Waals surface area contributed by atoms with Crippen molar-refractivity contribution in [1.29, 1.82) is 0 Å². The molecule has 142 valence electrons. The molecule has 4 nitrogen and oxygen atoms in total. The van der Waals surface area contributed by atoms with E-state index >= 15 is 0 Å². The average molecular weight is 371 g/mol. The van der Waals surface area contributed by atoms with Crippen LogP contribution in [-0.4, -0.2) is 55.0 Å². The molecule has 1 amide bonds. The van der Waals surface area contributed by atoms with Gasteiger partial charge in [-0.15, -0.1) is 0 Å². The lowest BCUT2D eigenvalue weighted by molar-refractivity contribution is -0.130. The van der Waals surface area contributed by atoms with Gasteiger partial charge in [0.1, 0.15) is 0 Å². The zero-order valence-corrected chi connectivity index (χ0v) is 15.1. The monoisotopic (exact) mass is 371 g/mol. The first-order valence-corrected chi connectivity index (χ1v) is 9.02. The van der Waals surface area contributed by atoms with Gasteiger partial charge in [0.15, 0.2) is 11.6 Å². The van der Waals surface area contributed by atoms with Crippen LogP contribution in [0.3, 0.4) is 0 Å². The molecule has 3 rings (SSSR count). The highest BCUT2D eigenvalue weighted by atomic mass is 19.2. The molecule has 1 fully saturated rings. The normalized spacial score (nSPS) is 15.3. The van der Waals surface area contributed by atoms with E-state index in [2.05, 4.69) is 34.5 Å². The number of carbonyl (C=O) groups excluding carboxylic acids is 1. The maximum atomic E-state index is 13.2. The molecule has 0 radical (unpaired) electrons. The van der Waals surface area contributed by atoms with Crippen molar-refractivity contribution in [3.05, 3.63) is 71.8 Å². The highest BCUT2D eigenvalue weighted by Crippen LogP contribution is 2.13. The molecule has 0 saturated carbocycles. The Morgan fingerprint density at radius 2 is 1.74 bits per heavy atom. The van der Waals surface area contributed by atoms with Crippen LogP contribution in [0.25, 0.3) is 6.08 Å². The van der Waals surface area contributed by atoms with Crippen molar-refractivity contribution in [3.63, 3.8) is 0 Å². The number of halogens is 2. The third kappa shape index (κ3) is 5.62. The molecule has 0 unspecified atom stereocenters. The number of carbonyl (C=O) groups is 1. The summed E-state index contributed by atoms with van der Waals surface area (Å²) < 4.78 is 26.1. The lowest BCUT2D eigenvalue weighted by Crippen LogP contribution is -2.50. The third-order valence-electron chi connectivity index (χ3n) is 4.56. The molecule has 2 aromatic carbocycles. The van der Waals surface area contributed by atoms with E-state index in [1.807, 2.05) is 18.2 Å². The van der Waals surface area contributed by atoms with Gasteiger partial charge in [0.25, 0.3) is 0 Å². The van der Waals surface area contributed by atoms with Crippen molar-refractivity contribution < 1.29 is 13.6 Å². The van der Waals surface area contributed by atoms with E-state index in [0.717, 1.165) is 31.8 Å². The van der Waals surface area contributed by atoms with E-state index in [-0.39, 0.29) is 12.5 Å². The second-order valence-electron chi connectivity index (χ2n) is 6.48. The maximum Gasteiger partial charge on any atom is 0.241 e. The van der Waals surface area contributed by atoms with Gasteiger partial charge in [-0.3, -0.25) is 9.69 Å². The lowest BCUT2D eigenvalue weighted by atomic mass is 10.2. The Morgan fingerprint density at radius 1 is 1.00 bits per heavy atom. The molecule has 1 heterocycles. The fourth-order valence-electron chi connectivity index (χ4n) is 2.98. The van der Waals surface area contributed by atoms with Crippen molar-refractivity contribution in [1.82, 2.24) is 9.80 Å². The van der Waals surface area contributed by atoms with Crippen LogP contribution in [0, 0.1) is 11.6 Å². The Hall–Kier alpha value is -2.73. The summed E-state index contributed by atoms with van der Waals surface area (Å²) in [5, 5.41) is 2.85. The van der Waals surface area contributed by atoms with E-state index in [0.29, 0.717) is 18.8 Å². The van der Waals surface area contributed by atoms with Crippen LogP contribution in [0.2, 0.25) is 0 Å². The number of amides is 1. The van der Waals surface area contributed by atoms with Gasteiger partial charge in [-0.05, 0) is 17.7 Å². The standard InChI is InChI=1S/C21H23F2N3O/c22-19-9-8-18(15-20(19)23)24-16-21(27)26-13-11-25(12-14-26)10-4-7-17-5-2-1-3-6-17/h1-9,15,24H,10-14,16H2/b7-4+. The zero-order chi connectivity index (χ0) is 19.1. The molecule has 1 aliphatic heterocycles. The number of rotatable bonds is 6. The van der Waals surface area contributed by atoms with Crippen LogP contribution in [0.4, 0.5) is 14.5 Å². The molecular weight excluding hydrogens is 348 g/mol. The average Bonchev–Trinajstić information content (AvgIpc) is 2.70. The quantitative estimate of drug-likeness (QED) is 0.847. The van der Waals surface area contributed by atoms with E-state index in [1.54, 1.807) is 4.90 Å². The van der Waals surface area contributed by atoms with Gasteiger partial charge in [-0.1, -0.05) is 42.5 Å². The number of nitrogens with one attached hydrogen (secondary N) is 1. The number of benzene rings is 2. The third-order valence-corrected chi connectivity index (χ3v) is 4.56. The predicted octanol–water partition coefficient (Wildman–Crippen LogP) is 3.23. The smallest absolute Gasteiger partial charge is 0.241 e. The van der Waals surface area contributed by atoms with Crippen LogP contribution >= 0.6 is 0 Å². The number of hydrogen-bond donors (Lipinski definition) is 1. The summed E-state index contributed by atoms with van der Waals surface area (Å²) in [4.78, 5) is 16.4. The zero-order valence-electron chi connectivity index (χ0n) is 15.1. The van der Waals surface area contributed by atoms with Gasteiger partial charge in [0, 0.05) is 44.5 Å². The molecule has 0 aliphatic carbocycles. The van der Waals surface area contributed by atoms with Crippen molar-refractivity contribution >= 4 is 17.7 Å². The number of piperazine rings is 1. The van der Waals surface area contributed by atoms with Crippen molar-refractivity contribution in [3.8, 4) is 0 Å². The first-order chi connectivity index (χ1) is 13.1. The van der Waals surface area contributed by atoms with Gasteiger partial charge < -0.3 is 10.2 Å². The highest BCUT2D eigenvalue weighted by Gasteiger charge is 2.20. The maximum absolute atomic E-state index is 13.2. The summed E-state index contributed by atoms with van der Waals surface area (Å²) in [6.07, 6.45) is 4.24. The summed E-state index contributed by atoms with van der Waals surface area (Å²) >= 11 is 0. The van der Waals surface area contributed by atoms with Crippen molar-refractivity contribution in [2.75, 3.05) is 44.6 Å². The second kappa shape index (κ2) is 9.28. The molecule has 6 heteroatoms. The molecule has 1 N–H and O–H groups in total. The fourth-order valence-corrected chi connectivity index (χ4v) is 2.98. The molecule has 1 aliphatic rings. The molecule has 0 aromatic heterocycles. The summed E-state index contributed by atoms with van der Waals surface area (Å²) in [7, 11) is 0. The van der Waals surface area contributed by atoms with E-state index in [9.17, 15) is 13.6 Å². The Labute approximate surface area is 158 Å². The molecule has 1 saturated heterocycles. The number of nitrogens with zero attached hydrogens (tertiary/aromatic N) is 2. The Balaban J connectivity index is 1.39. The number of hydrogen-bond acceptors (Lipinski definition) is 3. The number of anilines is 1. The van der Waals surface area contributed by atoms with Gasteiger partial charge in [0.2, 0.25) is 5.91 Å². The van der Waals surface area contributed by atoms with Gasteiger partial charge in [-0.2, -0.15) is 0 Å². The Bertz CT molecular complexity index is 787. The molecule has 0 atom stereocenters. The second-order valence-corrected chi connectivity index (χ2v) is 6.48. The van der Waals surface area contributed by atoms with Crippen LogP contribution in [0.5, 0.6) is 0 Å². The summed E-state index contributed by atoms with van der Waals surface area (Å²) in [5.74, 6) is -1.87. The van der Waals surface area contributed by atoms with Crippen molar-refractivity contribution in [2.24, 2.45) is 0 Å². The minimum Gasteiger partial charge on any atom is -0.376 e. The van der Waals surface area contributed by atoms with Crippen LogP contribution < -0.4 is 5.32 Å². The van der Waals surface area contributed by atoms with Crippen molar-refractivity contribution in [2.45, 2.75) is 0 Å². The van der Waals surface area contributed by atoms with Gasteiger partial charge >= 0.3 is 0 Å². The molecule has 0 spiro atoms. The minimum absolute atomic E-state index is 0.0424. The van der Waals surface area contributed by atoms with Gasteiger partial charge in [0.05, 0.1) is 6.54 Å². The van der Waals surface area contributed by atoms with Gasteiger partial charge in [-0.25, -0.2) is 8.78 Å². The summed E-state index contributed by atoms with van der Waals surface area (Å²) in [6, 6.07) is 13.7. The molecule has 0 bridgehead atoms. The first kappa shape index (κ1) is 19.0. The lowest BCUT2D eigenvalue weighted by Gasteiger charge is -2.34. The van der Waals surface area contributed by atoms with E-state index in [4.69, 9.17) is 0 Å². The Morgan fingerprint density at radius 3 is 2.44 bits per heavy atom. The van der Waals surface area contributed by atoms with Crippen LogP contribution in [0.15, 0.2) is 54.6 Å². The largest absolute Gasteiger partial charge is 0.376 e. The fraction of sp³-hybridized carbons (Fsp3) is 0.286. The topological polar surface area (TPSA) is 35.6 Å². The van der Waals surface area contributed by atoms with E-state index < -0.39 is 11.6 Å². The molecule has 27 heavy (non-hydrogen) atoms. The van der Waals surface area contributed by atoms with Crippen LogP contribution in [-0.2, 0) is 4.79 Å².